The Bertz CT molecular complexity index is 345. The van der Waals surface area contributed by atoms with Crippen molar-refractivity contribution in [3.8, 4) is 5.88 Å². The van der Waals surface area contributed by atoms with E-state index in [1.807, 2.05) is 12.1 Å². The van der Waals surface area contributed by atoms with Gasteiger partial charge in [-0.25, -0.2) is 14.6 Å². The zero-order valence-corrected chi connectivity index (χ0v) is 8.53. The molecule has 6 nitrogen and oxygen atoms in total. The molecule has 0 amide bonds. The Hall–Kier alpha value is -2.37. The van der Waals surface area contributed by atoms with Crippen LogP contribution in [0.4, 0.5) is 0 Å². The molecule has 16 heavy (non-hydrogen) atoms. The van der Waals surface area contributed by atoms with E-state index in [-0.39, 0.29) is 0 Å². The van der Waals surface area contributed by atoms with Crippen LogP contribution in [-0.2, 0) is 9.59 Å². The van der Waals surface area contributed by atoms with Gasteiger partial charge in [0.1, 0.15) is 0 Å². The molecule has 0 fully saturated rings. The molecule has 1 aromatic rings. The lowest BCUT2D eigenvalue weighted by Gasteiger charge is -1.92. The maximum absolute atomic E-state index is 9.55. The first kappa shape index (κ1) is 13.6. The lowest BCUT2D eigenvalue weighted by atomic mass is 10.5. The summed E-state index contributed by atoms with van der Waals surface area (Å²) in [5, 5.41) is 15.6. The Morgan fingerprint density at radius 2 is 1.81 bits per heavy atom. The van der Waals surface area contributed by atoms with Crippen LogP contribution in [0.5, 0.6) is 5.88 Å². The van der Waals surface area contributed by atoms with Crippen LogP contribution >= 0.6 is 0 Å². The number of carboxylic acid groups (broad SMARTS) is 2. The average Bonchev–Trinajstić information content (AvgIpc) is 2.28. The summed E-state index contributed by atoms with van der Waals surface area (Å²) < 4.78 is 4.80. The summed E-state index contributed by atoms with van der Waals surface area (Å²) in [5.74, 6) is -1.85. The number of ether oxygens (including phenoxy) is 1. The number of carboxylic acids is 2. The molecule has 0 aliphatic carbocycles. The van der Waals surface area contributed by atoms with Crippen LogP contribution in [0.3, 0.4) is 0 Å². The number of carbonyl (C=O) groups is 2. The van der Waals surface area contributed by atoms with Crippen molar-refractivity contribution in [3.05, 3.63) is 36.5 Å². The third-order valence-corrected chi connectivity index (χ3v) is 1.22. The predicted molar refractivity (Wildman–Crippen MR) is 55.2 cm³/mol. The third-order valence-electron chi connectivity index (χ3n) is 1.22. The maximum atomic E-state index is 9.55. The Morgan fingerprint density at radius 1 is 1.25 bits per heavy atom. The van der Waals surface area contributed by atoms with Crippen molar-refractivity contribution in [1.82, 2.24) is 4.98 Å². The minimum Gasteiger partial charge on any atom is -0.481 e. The fourth-order valence-electron chi connectivity index (χ4n) is 0.610. The average molecular weight is 225 g/mol. The number of methoxy groups -OCH3 is 1. The number of hydrogen-bond acceptors (Lipinski definition) is 4. The number of rotatable bonds is 3. The molecule has 0 saturated carbocycles. The van der Waals surface area contributed by atoms with E-state index in [1.54, 1.807) is 19.4 Å². The van der Waals surface area contributed by atoms with Gasteiger partial charge in [-0.3, -0.25) is 0 Å². The van der Waals surface area contributed by atoms with Crippen LogP contribution in [0, 0.1) is 0 Å². The highest BCUT2D eigenvalue weighted by Crippen LogP contribution is 1.99. The highest BCUT2D eigenvalue weighted by atomic mass is 16.5. The van der Waals surface area contributed by atoms with E-state index in [1.165, 1.54) is 0 Å². The number of pyridine rings is 1. The van der Waals surface area contributed by atoms with Gasteiger partial charge in [0.05, 0.1) is 7.11 Å². The van der Waals surface area contributed by atoms with E-state index < -0.39 is 11.9 Å². The van der Waals surface area contributed by atoms with E-state index in [0.717, 1.165) is 0 Å². The van der Waals surface area contributed by atoms with Gasteiger partial charge in [0.15, 0.2) is 0 Å². The van der Waals surface area contributed by atoms with E-state index in [4.69, 9.17) is 14.9 Å². The first-order valence-corrected chi connectivity index (χ1v) is 4.15. The van der Waals surface area contributed by atoms with Crippen molar-refractivity contribution in [2.45, 2.75) is 0 Å². The summed E-state index contributed by atoms with van der Waals surface area (Å²) in [5.41, 5.74) is 0. The van der Waals surface area contributed by atoms with Gasteiger partial charge in [-0.05, 0) is 6.07 Å². The second-order valence-electron chi connectivity index (χ2n) is 2.38. The number of aromatic nitrogens is 1. The molecule has 0 spiro atoms. The number of hydrogen-bond donors (Lipinski definition) is 2. The summed E-state index contributed by atoms with van der Waals surface area (Å²) in [7, 11) is 1.60. The van der Waals surface area contributed by atoms with Gasteiger partial charge >= 0.3 is 11.9 Å². The molecule has 2 N–H and O–H groups in total. The molecule has 0 aliphatic heterocycles. The molecule has 1 aromatic heterocycles. The van der Waals surface area contributed by atoms with Gasteiger partial charge in [0.25, 0.3) is 0 Å². The highest BCUT2D eigenvalue weighted by Gasteiger charge is 1.88. The molecule has 0 aliphatic rings. The van der Waals surface area contributed by atoms with Crippen molar-refractivity contribution < 1.29 is 24.5 Å². The smallest absolute Gasteiger partial charge is 0.328 e. The topological polar surface area (TPSA) is 96.7 Å². The maximum Gasteiger partial charge on any atom is 0.328 e. The standard InChI is InChI=1S/C6H7NO.C4H4O4/c1-8-6-4-2-3-5-7-6;5-3(6)1-2-4(7)8/h2-5H,1H3;1-2H,(H,5,6)(H,7,8)/b;2-1+. The second kappa shape index (κ2) is 7.98. The Labute approximate surface area is 91.8 Å². The number of aliphatic carboxylic acids is 2. The zero-order valence-electron chi connectivity index (χ0n) is 8.53. The zero-order chi connectivity index (χ0) is 12.4. The molecular weight excluding hydrogens is 214 g/mol. The van der Waals surface area contributed by atoms with Crippen LogP contribution in [0.25, 0.3) is 0 Å². The molecule has 6 heteroatoms. The second-order valence-corrected chi connectivity index (χ2v) is 2.38. The lowest BCUT2D eigenvalue weighted by molar-refractivity contribution is -0.134. The van der Waals surface area contributed by atoms with Crippen LogP contribution < -0.4 is 4.74 Å². The van der Waals surface area contributed by atoms with Crippen LogP contribution in [0.1, 0.15) is 0 Å². The Balaban J connectivity index is 0.000000281. The van der Waals surface area contributed by atoms with Crippen molar-refractivity contribution >= 4 is 11.9 Å². The van der Waals surface area contributed by atoms with Gasteiger partial charge in [-0.1, -0.05) is 6.07 Å². The first-order chi connectivity index (χ1) is 7.56. The molecule has 0 unspecified atom stereocenters. The summed E-state index contributed by atoms with van der Waals surface area (Å²) in [4.78, 5) is 23.0. The Morgan fingerprint density at radius 3 is 2.06 bits per heavy atom. The third kappa shape index (κ3) is 8.24. The molecule has 0 radical (unpaired) electrons. The van der Waals surface area contributed by atoms with Gasteiger partial charge in [0.2, 0.25) is 5.88 Å². The largest absolute Gasteiger partial charge is 0.481 e. The van der Waals surface area contributed by atoms with Crippen molar-refractivity contribution in [1.29, 1.82) is 0 Å². The van der Waals surface area contributed by atoms with E-state index in [0.29, 0.717) is 18.0 Å². The van der Waals surface area contributed by atoms with E-state index in [2.05, 4.69) is 4.98 Å². The lowest BCUT2D eigenvalue weighted by Crippen LogP contribution is -1.91. The predicted octanol–water partition coefficient (Wildman–Crippen LogP) is 0.802. The Kier molecular flexibility index (Phi) is 6.80. The van der Waals surface area contributed by atoms with Gasteiger partial charge in [0, 0.05) is 24.4 Å². The number of nitrogens with zero attached hydrogens (tertiary/aromatic N) is 1. The monoisotopic (exact) mass is 225 g/mol. The van der Waals surface area contributed by atoms with Crippen molar-refractivity contribution in [2.24, 2.45) is 0 Å². The molecule has 1 rings (SSSR count). The molecule has 86 valence electrons. The first-order valence-electron chi connectivity index (χ1n) is 4.15. The SMILES string of the molecule is COc1ccccn1.O=C(O)/C=C/C(=O)O. The van der Waals surface area contributed by atoms with Crippen LogP contribution in [0.2, 0.25) is 0 Å². The van der Waals surface area contributed by atoms with Crippen LogP contribution in [0.15, 0.2) is 36.5 Å². The minimum atomic E-state index is -1.26. The fraction of sp³-hybridized carbons (Fsp3) is 0.100. The normalized spacial score (nSPS) is 9.06. The fourth-order valence-corrected chi connectivity index (χ4v) is 0.610. The van der Waals surface area contributed by atoms with Gasteiger partial charge in [-0.2, -0.15) is 0 Å². The summed E-state index contributed by atoms with van der Waals surface area (Å²) in [6.45, 7) is 0. The highest BCUT2D eigenvalue weighted by molar-refractivity contribution is 5.89. The molecule has 0 atom stereocenters. The van der Waals surface area contributed by atoms with Crippen molar-refractivity contribution in [3.63, 3.8) is 0 Å². The van der Waals surface area contributed by atoms with Crippen molar-refractivity contribution in [2.75, 3.05) is 7.11 Å². The summed E-state index contributed by atoms with van der Waals surface area (Å²) in [6, 6.07) is 5.54. The molecule has 0 bridgehead atoms. The van der Waals surface area contributed by atoms with Gasteiger partial charge < -0.3 is 14.9 Å². The van der Waals surface area contributed by atoms with E-state index in [9.17, 15) is 9.59 Å². The molecule has 0 aromatic carbocycles. The summed E-state index contributed by atoms with van der Waals surface area (Å²) in [6.07, 6.45) is 2.81. The quantitative estimate of drug-likeness (QED) is 0.738. The van der Waals surface area contributed by atoms with Crippen LogP contribution in [-0.4, -0.2) is 34.2 Å². The van der Waals surface area contributed by atoms with Gasteiger partial charge in [-0.15, -0.1) is 0 Å². The summed E-state index contributed by atoms with van der Waals surface area (Å²) >= 11 is 0. The molecule has 1 heterocycles. The minimum absolute atomic E-state index is 0.558. The molecular formula is C10H11NO5. The van der Waals surface area contributed by atoms with E-state index >= 15 is 0 Å². The molecule has 0 saturated heterocycles.